The maximum absolute atomic E-state index is 2.35. The predicted octanol–water partition coefficient (Wildman–Crippen LogP) is 5.59. The maximum atomic E-state index is 2.35. The van der Waals surface area contributed by atoms with E-state index in [0.29, 0.717) is 5.92 Å². The van der Waals surface area contributed by atoms with Crippen molar-refractivity contribution in [2.24, 2.45) is 5.92 Å². The molecule has 21 heavy (non-hydrogen) atoms. The molecule has 3 heteroatoms. The number of hydrogen-bond donors (Lipinski definition) is 0. The lowest BCUT2D eigenvalue weighted by atomic mass is 10.1. The fraction of sp³-hybridized carbons (Fsp3) is 0.556. The van der Waals surface area contributed by atoms with E-state index in [2.05, 4.69) is 77.8 Å². The monoisotopic (exact) mass is 338 g/mol. The minimum atomic E-state index is 0.714. The third kappa shape index (κ3) is 8.27. The molecule has 0 aromatic rings. The standard InChI is InChI=1S/C18H26S3/c1-2-6-17(5-1)9-11-19-13-15-21-16-14-20-12-10-18-7-3-4-8-18/h1-3,5-8,17H,4,9-16H2. The molecule has 0 atom stereocenters. The summed E-state index contributed by atoms with van der Waals surface area (Å²) in [6.07, 6.45) is 19.6. The van der Waals surface area contributed by atoms with Crippen molar-refractivity contribution >= 4 is 35.3 Å². The smallest absolute Gasteiger partial charge is 0.00238 e. The first-order valence-corrected chi connectivity index (χ1v) is 11.4. The number of thioether (sulfide) groups is 3. The van der Waals surface area contributed by atoms with Crippen molar-refractivity contribution in [3.63, 3.8) is 0 Å². The molecule has 0 aromatic heterocycles. The van der Waals surface area contributed by atoms with Gasteiger partial charge < -0.3 is 0 Å². The summed E-state index contributed by atoms with van der Waals surface area (Å²) in [7, 11) is 0. The van der Waals surface area contributed by atoms with E-state index in [1.54, 1.807) is 5.57 Å². The van der Waals surface area contributed by atoms with Crippen LogP contribution in [0.5, 0.6) is 0 Å². The molecule has 0 N–H and O–H groups in total. The molecule has 0 unspecified atom stereocenters. The lowest BCUT2D eigenvalue weighted by Gasteiger charge is -2.05. The third-order valence-electron chi connectivity index (χ3n) is 3.55. The molecule has 2 aliphatic carbocycles. The highest BCUT2D eigenvalue weighted by Gasteiger charge is 2.02. The Morgan fingerprint density at radius 2 is 1.52 bits per heavy atom. The van der Waals surface area contributed by atoms with E-state index in [9.17, 15) is 0 Å². The largest absolute Gasteiger partial charge is 0.161 e. The van der Waals surface area contributed by atoms with Crippen molar-refractivity contribution in [1.29, 1.82) is 0 Å². The summed E-state index contributed by atoms with van der Waals surface area (Å²) in [4.78, 5) is 0. The van der Waals surface area contributed by atoms with Crippen LogP contribution >= 0.6 is 35.3 Å². The lowest BCUT2D eigenvalue weighted by molar-refractivity contribution is 0.794. The Bertz CT molecular complexity index is 381. The Balaban J connectivity index is 1.28. The van der Waals surface area contributed by atoms with Crippen molar-refractivity contribution < 1.29 is 0 Å². The Morgan fingerprint density at radius 1 is 0.857 bits per heavy atom. The highest BCUT2D eigenvalue weighted by molar-refractivity contribution is 8.04. The number of rotatable bonds is 12. The zero-order valence-corrected chi connectivity index (χ0v) is 15.2. The van der Waals surface area contributed by atoms with Crippen molar-refractivity contribution in [2.75, 3.05) is 34.5 Å². The molecule has 0 bridgehead atoms. The average molecular weight is 339 g/mol. The summed E-state index contributed by atoms with van der Waals surface area (Å²) in [5.74, 6) is 8.55. The van der Waals surface area contributed by atoms with E-state index < -0.39 is 0 Å². The van der Waals surface area contributed by atoms with Gasteiger partial charge in [-0.2, -0.15) is 35.3 Å². The van der Waals surface area contributed by atoms with Crippen LogP contribution in [0.1, 0.15) is 19.3 Å². The number of hydrogen-bond acceptors (Lipinski definition) is 3. The van der Waals surface area contributed by atoms with Gasteiger partial charge in [0.1, 0.15) is 0 Å². The summed E-state index contributed by atoms with van der Waals surface area (Å²) in [5.41, 5.74) is 1.54. The molecule has 2 aliphatic rings. The van der Waals surface area contributed by atoms with Crippen molar-refractivity contribution in [2.45, 2.75) is 19.3 Å². The molecule has 0 nitrogen and oxygen atoms in total. The van der Waals surface area contributed by atoms with Gasteiger partial charge in [-0.3, -0.25) is 0 Å². The fourth-order valence-corrected chi connectivity index (χ4v) is 5.63. The van der Waals surface area contributed by atoms with Crippen LogP contribution in [0.3, 0.4) is 0 Å². The second-order valence-electron chi connectivity index (χ2n) is 5.23. The second-order valence-corrected chi connectivity index (χ2v) is 8.90. The summed E-state index contributed by atoms with van der Waals surface area (Å²) < 4.78 is 0. The van der Waals surface area contributed by atoms with Gasteiger partial charge in [-0.15, -0.1) is 0 Å². The third-order valence-corrected chi connectivity index (χ3v) is 7.06. The first-order valence-electron chi connectivity index (χ1n) is 7.89. The predicted molar refractivity (Wildman–Crippen MR) is 105 cm³/mol. The fourth-order valence-electron chi connectivity index (χ4n) is 2.31. The summed E-state index contributed by atoms with van der Waals surface area (Å²) in [6.45, 7) is 0. The van der Waals surface area contributed by atoms with Gasteiger partial charge >= 0.3 is 0 Å². The van der Waals surface area contributed by atoms with Crippen LogP contribution in [0, 0.1) is 5.92 Å². The van der Waals surface area contributed by atoms with Crippen LogP contribution in [0.2, 0.25) is 0 Å². The molecule has 116 valence electrons. The van der Waals surface area contributed by atoms with Crippen molar-refractivity contribution in [1.82, 2.24) is 0 Å². The molecular weight excluding hydrogens is 312 g/mol. The van der Waals surface area contributed by atoms with Crippen LogP contribution in [-0.4, -0.2) is 34.5 Å². The van der Waals surface area contributed by atoms with Gasteiger partial charge in [0.15, 0.2) is 0 Å². The van der Waals surface area contributed by atoms with Gasteiger partial charge in [0.25, 0.3) is 0 Å². The first-order chi connectivity index (χ1) is 10.4. The Kier molecular flexibility index (Phi) is 9.56. The van der Waals surface area contributed by atoms with Gasteiger partial charge in [-0.05, 0) is 36.7 Å². The molecule has 0 saturated heterocycles. The zero-order valence-electron chi connectivity index (χ0n) is 12.7. The van der Waals surface area contributed by atoms with E-state index in [-0.39, 0.29) is 0 Å². The van der Waals surface area contributed by atoms with E-state index >= 15 is 0 Å². The molecule has 0 amide bonds. The molecule has 0 aromatic carbocycles. The van der Waals surface area contributed by atoms with Gasteiger partial charge in [-0.25, -0.2) is 0 Å². The average Bonchev–Trinajstić information content (AvgIpc) is 3.18. The quantitative estimate of drug-likeness (QED) is 0.425. The molecule has 0 saturated carbocycles. The normalized spacial score (nSPS) is 17.0. The Morgan fingerprint density at radius 3 is 2.19 bits per heavy atom. The van der Waals surface area contributed by atoms with Crippen LogP contribution in [-0.2, 0) is 0 Å². The summed E-state index contributed by atoms with van der Waals surface area (Å²) in [6, 6.07) is 0. The van der Waals surface area contributed by atoms with Gasteiger partial charge in [0.05, 0.1) is 0 Å². The van der Waals surface area contributed by atoms with Crippen LogP contribution in [0.15, 0.2) is 48.1 Å². The van der Waals surface area contributed by atoms with Gasteiger partial charge in [0, 0.05) is 23.0 Å². The molecule has 0 aliphatic heterocycles. The number of allylic oxidation sites excluding steroid dienone is 8. The van der Waals surface area contributed by atoms with E-state index in [1.165, 1.54) is 47.4 Å². The Hall–Kier alpha value is 0.01000. The molecule has 0 radical (unpaired) electrons. The minimum absolute atomic E-state index is 0.714. The van der Waals surface area contributed by atoms with Crippen LogP contribution in [0.4, 0.5) is 0 Å². The highest BCUT2D eigenvalue weighted by atomic mass is 32.2. The van der Waals surface area contributed by atoms with Gasteiger partial charge in [-0.1, -0.05) is 48.1 Å². The zero-order chi connectivity index (χ0) is 14.6. The molecule has 0 spiro atoms. The lowest BCUT2D eigenvalue weighted by Crippen LogP contribution is -1.95. The van der Waals surface area contributed by atoms with E-state index in [1.807, 2.05) is 0 Å². The Labute approximate surface area is 143 Å². The van der Waals surface area contributed by atoms with E-state index in [4.69, 9.17) is 0 Å². The van der Waals surface area contributed by atoms with Crippen molar-refractivity contribution in [3.8, 4) is 0 Å². The maximum Gasteiger partial charge on any atom is 0.00238 e. The minimum Gasteiger partial charge on any atom is -0.161 e. The van der Waals surface area contributed by atoms with Crippen molar-refractivity contribution in [3.05, 3.63) is 48.1 Å². The topological polar surface area (TPSA) is 0 Å². The summed E-state index contributed by atoms with van der Waals surface area (Å²) in [5, 5.41) is 0. The SMILES string of the molecule is C1=CC(CCSCCSCCSCCC2=CCC=C2)C=C1. The van der Waals surface area contributed by atoms with E-state index in [0.717, 1.165) is 6.42 Å². The molecule has 0 heterocycles. The second kappa shape index (κ2) is 11.6. The molecular formula is C18H26S3. The molecule has 2 rings (SSSR count). The van der Waals surface area contributed by atoms with Crippen LogP contribution in [0.25, 0.3) is 0 Å². The summed E-state index contributed by atoms with van der Waals surface area (Å²) >= 11 is 6.34. The van der Waals surface area contributed by atoms with Crippen LogP contribution < -0.4 is 0 Å². The van der Waals surface area contributed by atoms with Gasteiger partial charge in [0.2, 0.25) is 0 Å². The highest BCUT2D eigenvalue weighted by Crippen LogP contribution is 2.19. The first kappa shape index (κ1) is 17.4. The molecule has 0 fully saturated rings.